The van der Waals surface area contributed by atoms with Gasteiger partial charge >= 0.3 is 0 Å². The molecule has 0 radical (unpaired) electrons. The Hall–Kier alpha value is -0.550. The Morgan fingerprint density at radius 2 is 2.23 bits per heavy atom. The summed E-state index contributed by atoms with van der Waals surface area (Å²) >= 11 is 0. The first-order valence-electron chi connectivity index (χ1n) is 5.53. The third kappa shape index (κ3) is 1.86. The van der Waals surface area contributed by atoms with Crippen molar-refractivity contribution in [2.45, 2.75) is 44.6 Å². The van der Waals surface area contributed by atoms with Crippen LogP contribution in [0.2, 0.25) is 0 Å². The Balaban J connectivity index is 1.77. The lowest BCUT2D eigenvalue weighted by molar-refractivity contribution is 0.239. The monoisotopic (exact) mass is 178 g/mol. The Kier molecular flexibility index (Phi) is 2.85. The maximum absolute atomic E-state index is 8.46. The number of hydrogen-bond donors (Lipinski definition) is 0. The minimum Gasteiger partial charge on any atom is -0.300 e. The van der Waals surface area contributed by atoms with Crippen LogP contribution in [0.15, 0.2) is 0 Å². The zero-order valence-corrected chi connectivity index (χ0v) is 8.21. The summed E-state index contributed by atoms with van der Waals surface area (Å²) in [7, 11) is 0. The summed E-state index contributed by atoms with van der Waals surface area (Å²) in [6.07, 6.45) is 7.52. The van der Waals surface area contributed by atoms with E-state index in [-0.39, 0.29) is 0 Å². The van der Waals surface area contributed by atoms with Gasteiger partial charge in [0.25, 0.3) is 0 Å². The molecule has 0 spiro atoms. The summed E-state index contributed by atoms with van der Waals surface area (Å²) in [5.74, 6) is 1.00. The fraction of sp³-hybridized carbons (Fsp3) is 0.909. The van der Waals surface area contributed by atoms with E-state index < -0.39 is 0 Å². The second-order valence-corrected chi connectivity index (χ2v) is 4.34. The highest BCUT2D eigenvalue weighted by molar-refractivity contribution is 4.91. The van der Waals surface area contributed by atoms with Crippen molar-refractivity contribution in [3.63, 3.8) is 0 Å². The van der Waals surface area contributed by atoms with Gasteiger partial charge in [0, 0.05) is 12.5 Å². The van der Waals surface area contributed by atoms with Gasteiger partial charge in [-0.15, -0.1) is 0 Å². The molecule has 2 rings (SSSR count). The summed E-state index contributed by atoms with van der Waals surface area (Å²) in [5.41, 5.74) is 0. The van der Waals surface area contributed by atoms with Gasteiger partial charge < -0.3 is 4.90 Å². The first-order valence-corrected chi connectivity index (χ1v) is 5.53. The lowest BCUT2D eigenvalue weighted by Gasteiger charge is -2.22. The van der Waals surface area contributed by atoms with Crippen molar-refractivity contribution >= 4 is 0 Å². The molecule has 2 nitrogen and oxygen atoms in total. The Morgan fingerprint density at radius 1 is 1.31 bits per heavy atom. The van der Waals surface area contributed by atoms with Gasteiger partial charge in [-0.3, -0.25) is 0 Å². The summed E-state index contributed by atoms with van der Waals surface area (Å²) in [6.45, 7) is 2.45. The van der Waals surface area contributed by atoms with E-state index >= 15 is 0 Å². The Labute approximate surface area is 80.5 Å². The predicted octanol–water partition coefficient (Wildman–Crippen LogP) is 2.16. The molecular weight excluding hydrogens is 160 g/mol. The average Bonchev–Trinajstić information content (AvgIpc) is 2.68. The molecule has 2 fully saturated rings. The van der Waals surface area contributed by atoms with Crippen molar-refractivity contribution in [1.29, 1.82) is 5.26 Å². The largest absolute Gasteiger partial charge is 0.300 e. The molecule has 0 aromatic carbocycles. The van der Waals surface area contributed by atoms with Gasteiger partial charge in [-0.05, 0) is 44.7 Å². The third-order valence-electron chi connectivity index (χ3n) is 3.61. The van der Waals surface area contributed by atoms with Crippen molar-refractivity contribution in [2.24, 2.45) is 5.92 Å². The van der Waals surface area contributed by atoms with Crippen LogP contribution in [0.3, 0.4) is 0 Å². The molecule has 72 valence electrons. The minimum absolute atomic E-state index is 0.730. The normalized spacial score (nSPS) is 33.2. The maximum atomic E-state index is 8.46. The van der Waals surface area contributed by atoms with Crippen LogP contribution in [-0.4, -0.2) is 24.0 Å². The second kappa shape index (κ2) is 4.11. The topological polar surface area (TPSA) is 27.0 Å². The molecule has 0 N–H and O–H groups in total. The lowest BCUT2D eigenvalue weighted by Crippen LogP contribution is -2.30. The highest BCUT2D eigenvalue weighted by Gasteiger charge is 2.36. The minimum atomic E-state index is 0.730. The fourth-order valence-corrected chi connectivity index (χ4v) is 2.97. The molecule has 2 aliphatic rings. The molecule has 0 aromatic heterocycles. The lowest BCUT2D eigenvalue weighted by atomic mass is 10.0. The number of nitriles is 1. The van der Waals surface area contributed by atoms with Crippen LogP contribution in [0.1, 0.15) is 38.5 Å². The molecule has 1 saturated carbocycles. The van der Waals surface area contributed by atoms with E-state index in [0.717, 1.165) is 31.3 Å². The first kappa shape index (κ1) is 9.02. The van der Waals surface area contributed by atoms with E-state index in [9.17, 15) is 0 Å². The summed E-state index contributed by atoms with van der Waals surface area (Å²) in [4.78, 5) is 2.62. The standard InChI is InChI=1S/C11H18N2/c12-7-1-2-8-13-9-6-10-4-3-5-11(10)13/h10-11H,1-6,8-9H2. The zero-order chi connectivity index (χ0) is 9.10. The molecule has 1 aliphatic carbocycles. The first-order chi connectivity index (χ1) is 6.42. The quantitative estimate of drug-likeness (QED) is 0.619. The van der Waals surface area contributed by atoms with E-state index in [2.05, 4.69) is 11.0 Å². The molecule has 13 heavy (non-hydrogen) atoms. The second-order valence-electron chi connectivity index (χ2n) is 4.34. The van der Waals surface area contributed by atoms with Crippen LogP contribution in [0.25, 0.3) is 0 Å². The number of likely N-dealkylation sites (tertiary alicyclic amines) is 1. The van der Waals surface area contributed by atoms with Crippen molar-refractivity contribution in [1.82, 2.24) is 4.90 Å². The number of rotatable bonds is 3. The smallest absolute Gasteiger partial charge is 0.0622 e. The van der Waals surface area contributed by atoms with Crippen LogP contribution in [-0.2, 0) is 0 Å². The summed E-state index contributed by atoms with van der Waals surface area (Å²) < 4.78 is 0. The molecule has 0 bridgehead atoms. The molecular formula is C11H18N2. The van der Waals surface area contributed by atoms with Crippen molar-refractivity contribution in [3.05, 3.63) is 0 Å². The number of hydrogen-bond acceptors (Lipinski definition) is 2. The maximum Gasteiger partial charge on any atom is 0.0622 e. The molecule has 0 aromatic rings. The Bertz CT molecular complexity index is 207. The van der Waals surface area contributed by atoms with Crippen molar-refractivity contribution in [2.75, 3.05) is 13.1 Å². The van der Waals surface area contributed by atoms with Crippen LogP contribution >= 0.6 is 0 Å². The zero-order valence-electron chi connectivity index (χ0n) is 8.21. The van der Waals surface area contributed by atoms with Crippen LogP contribution in [0.4, 0.5) is 0 Å². The van der Waals surface area contributed by atoms with Crippen molar-refractivity contribution in [3.8, 4) is 6.07 Å². The molecule has 1 saturated heterocycles. The van der Waals surface area contributed by atoms with Gasteiger partial charge in [-0.1, -0.05) is 6.42 Å². The molecule has 0 amide bonds. The highest BCUT2D eigenvalue weighted by atomic mass is 15.2. The van der Waals surface area contributed by atoms with Gasteiger partial charge in [0.2, 0.25) is 0 Å². The average molecular weight is 178 g/mol. The van der Waals surface area contributed by atoms with Crippen LogP contribution in [0.5, 0.6) is 0 Å². The molecule has 1 aliphatic heterocycles. The molecule has 2 atom stereocenters. The van der Waals surface area contributed by atoms with Crippen LogP contribution in [0, 0.1) is 17.2 Å². The predicted molar refractivity (Wildman–Crippen MR) is 52.2 cm³/mol. The van der Waals surface area contributed by atoms with Gasteiger partial charge in [0.1, 0.15) is 0 Å². The summed E-state index contributed by atoms with van der Waals surface area (Å²) in [5, 5.41) is 8.46. The van der Waals surface area contributed by atoms with E-state index in [1.54, 1.807) is 0 Å². The highest BCUT2D eigenvalue weighted by Crippen LogP contribution is 2.37. The fourth-order valence-electron chi connectivity index (χ4n) is 2.97. The van der Waals surface area contributed by atoms with Gasteiger partial charge in [0.05, 0.1) is 6.07 Å². The van der Waals surface area contributed by atoms with Gasteiger partial charge in [-0.2, -0.15) is 5.26 Å². The van der Waals surface area contributed by atoms with Gasteiger partial charge in [0.15, 0.2) is 0 Å². The van der Waals surface area contributed by atoms with Crippen LogP contribution < -0.4 is 0 Å². The third-order valence-corrected chi connectivity index (χ3v) is 3.61. The summed E-state index contributed by atoms with van der Waals surface area (Å²) in [6, 6.07) is 3.11. The number of fused-ring (bicyclic) bond motifs is 1. The van der Waals surface area contributed by atoms with E-state index in [4.69, 9.17) is 5.26 Å². The number of unbranched alkanes of at least 4 members (excludes halogenated alkanes) is 1. The van der Waals surface area contributed by atoms with E-state index in [0.29, 0.717) is 0 Å². The van der Waals surface area contributed by atoms with E-state index in [1.165, 1.54) is 32.2 Å². The molecule has 2 heteroatoms. The molecule has 1 heterocycles. The van der Waals surface area contributed by atoms with E-state index in [1.807, 2.05) is 0 Å². The molecule has 2 unspecified atom stereocenters. The Morgan fingerprint density at radius 3 is 3.08 bits per heavy atom. The number of nitrogens with zero attached hydrogens (tertiary/aromatic N) is 2. The van der Waals surface area contributed by atoms with Gasteiger partial charge in [-0.25, -0.2) is 0 Å². The SMILES string of the molecule is N#CCCCN1CCC2CCCC21. The van der Waals surface area contributed by atoms with Crippen molar-refractivity contribution < 1.29 is 0 Å².